The van der Waals surface area contributed by atoms with Crippen LogP contribution in [0.15, 0.2) is 0 Å². The quantitative estimate of drug-likeness (QED) is 0.840. The third-order valence-corrected chi connectivity index (χ3v) is 4.65. The normalized spacial score (nSPS) is 30.3. The summed E-state index contributed by atoms with van der Waals surface area (Å²) in [5.41, 5.74) is 0.268. The number of hydrogen-bond acceptors (Lipinski definition) is 3. The van der Waals surface area contributed by atoms with Gasteiger partial charge in [0.05, 0.1) is 13.2 Å². The molecule has 5 heteroatoms. The maximum atomic E-state index is 12.2. The van der Waals surface area contributed by atoms with E-state index in [-0.39, 0.29) is 29.8 Å². The van der Waals surface area contributed by atoms with Gasteiger partial charge in [0.15, 0.2) is 0 Å². The van der Waals surface area contributed by atoms with Crippen LogP contribution in [0.5, 0.6) is 0 Å². The first kappa shape index (κ1) is 18.7. The van der Waals surface area contributed by atoms with Crippen molar-refractivity contribution in [3.63, 3.8) is 0 Å². The lowest BCUT2D eigenvalue weighted by atomic mass is 9.69. The molecule has 0 aromatic carbocycles. The molecule has 0 aromatic rings. The van der Waals surface area contributed by atoms with Gasteiger partial charge in [-0.25, -0.2) is 0 Å². The van der Waals surface area contributed by atoms with Crippen molar-refractivity contribution in [3.8, 4) is 0 Å². The molecule has 0 bridgehead atoms. The molecule has 1 amide bonds. The molecule has 4 nitrogen and oxygen atoms in total. The summed E-state index contributed by atoms with van der Waals surface area (Å²) >= 11 is 0. The first-order valence-electron chi connectivity index (χ1n) is 8.07. The van der Waals surface area contributed by atoms with Crippen molar-refractivity contribution >= 4 is 18.3 Å². The summed E-state index contributed by atoms with van der Waals surface area (Å²) in [6.07, 6.45) is 5.43. The summed E-state index contributed by atoms with van der Waals surface area (Å²) < 4.78 is 5.41. The Labute approximate surface area is 135 Å². The predicted molar refractivity (Wildman–Crippen MR) is 87.8 cm³/mol. The van der Waals surface area contributed by atoms with E-state index >= 15 is 0 Å². The fourth-order valence-corrected chi connectivity index (χ4v) is 3.58. The summed E-state index contributed by atoms with van der Waals surface area (Å²) in [5, 5.41) is 6.63. The molecule has 1 saturated carbocycles. The minimum absolute atomic E-state index is 0. The van der Waals surface area contributed by atoms with Gasteiger partial charge in [-0.1, -0.05) is 33.6 Å². The maximum absolute atomic E-state index is 12.2. The topological polar surface area (TPSA) is 50.4 Å². The lowest BCUT2D eigenvalue weighted by Crippen LogP contribution is -2.49. The maximum Gasteiger partial charge on any atom is 0.221 e. The number of morpholine rings is 1. The number of rotatable bonds is 3. The summed E-state index contributed by atoms with van der Waals surface area (Å²) in [6.45, 7) is 9.13. The molecule has 2 N–H and O–H groups in total. The minimum atomic E-state index is 0. The van der Waals surface area contributed by atoms with E-state index in [0.717, 1.165) is 19.6 Å². The van der Waals surface area contributed by atoms with E-state index in [1.54, 1.807) is 0 Å². The Kier molecular flexibility index (Phi) is 7.45. The van der Waals surface area contributed by atoms with E-state index in [1.165, 1.54) is 19.3 Å². The SMILES string of the molecule is CC(C)(C)C1CCCCC1NC(=O)CC1COCCN1.Cl. The van der Waals surface area contributed by atoms with Crippen LogP contribution in [0.3, 0.4) is 0 Å². The highest BCUT2D eigenvalue weighted by Crippen LogP contribution is 2.38. The Bertz CT molecular complexity index is 325. The molecule has 1 saturated heterocycles. The summed E-state index contributed by atoms with van der Waals surface area (Å²) in [6, 6.07) is 0.529. The molecule has 0 spiro atoms. The Morgan fingerprint density at radius 1 is 1.29 bits per heavy atom. The van der Waals surface area contributed by atoms with Crippen molar-refractivity contribution < 1.29 is 9.53 Å². The largest absolute Gasteiger partial charge is 0.378 e. The van der Waals surface area contributed by atoms with Crippen molar-refractivity contribution in [3.05, 3.63) is 0 Å². The number of amides is 1. The molecule has 0 radical (unpaired) electrons. The second-order valence-electron chi connectivity index (χ2n) is 7.36. The lowest BCUT2D eigenvalue weighted by Gasteiger charge is -2.41. The summed E-state index contributed by atoms with van der Waals surface area (Å²) in [7, 11) is 0. The van der Waals surface area contributed by atoms with Crippen molar-refractivity contribution in [1.82, 2.24) is 10.6 Å². The van der Waals surface area contributed by atoms with Gasteiger partial charge in [-0.05, 0) is 24.2 Å². The number of halogens is 1. The average Bonchev–Trinajstić information content (AvgIpc) is 2.39. The summed E-state index contributed by atoms with van der Waals surface area (Å²) in [4.78, 5) is 12.2. The number of carbonyl (C=O) groups excluding carboxylic acids is 1. The van der Waals surface area contributed by atoms with Gasteiger partial charge in [0.1, 0.15) is 0 Å². The molecule has 124 valence electrons. The monoisotopic (exact) mass is 318 g/mol. The first-order valence-corrected chi connectivity index (χ1v) is 8.07. The molecule has 0 aromatic heterocycles. The fraction of sp³-hybridized carbons (Fsp3) is 0.938. The Morgan fingerprint density at radius 2 is 2.00 bits per heavy atom. The average molecular weight is 319 g/mol. The van der Waals surface area contributed by atoms with Crippen LogP contribution in [0.2, 0.25) is 0 Å². The standard InChI is InChI=1S/C16H30N2O2.ClH/c1-16(2,3)13-6-4-5-7-14(13)18-15(19)10-12-11-20-9-8-17-12;/h12-14,17H,4-11H2,1-3H3,(H,18,19);1H. The van der Waals surface area contributed by atoms with Gasteiger partial charge < -0.3 is 15.4 Å². The van der Waals surface area contributed by atoms with Crippen LogP contribution in [-0.4, -0.2) is 37.7 Å². The third-order valence-electron chi connectivity index (χ3n) is 4.65. The third kappa shape index (κ3) is 5.76. The number of nitrogens with one attached hydrogen (secondary N) is 2. The predicted octanol–water partition coefficient (Wildman–Crippen LogP) is 2.51. The van der Waals surface area contributed by atoms with Gasteiger partial charge >= 0.3 is 0 Å². The molecule has 2 rings (SSSR count). The van der Waals surface area contributed by atoms with Gasteiger partial charge in [0.25, 0.3) is 0 Å². The highest BCUT2D eigenvalue weighted by molar-refractivity contribution is 5.85. The molecule has 21 heavy (non-hydrogen) atoms. The lowest BCUT2D eigenvalue weighted by molar-refractivity contribution is -0.124. The van der Waals surface area contributed by atoms with E-state index in [2.05, 4.69) is 31.4 Å². The zero-order valence-corrected chi connectivity index (χ0v) is 14.4. The second kappa shape index (κ2) is 8.35. The van der Waals surface area contributed by atoms with Crippen LogP contribution in [0.1, 0.15) is 52.9 Å². The number of hydrogen-bond donors (Lipinski definition) is 2. The molecule has 2 fully saturated rings. The molecule has 2 aliphatic rings. The van der Waals surface area contributed by atoms with Gasteiger partial charge in [-0.2, -0.15) is 0 Å². The zero-order chi connectivity index (χ0) is 14.6. The van der Waals surface area contributed by atoms with E-state index in [4.69, 9.17) is 4.74 Å². The highest BCUT2D eigenvalue weighted by atomic mass is 35.5. The first-order chi connectivity index (χ1) is 9.47. The van der Waals surface area contributed by atoms with Gasteiger partial charge in [0.2, 0.25) is 5.91 Å². The van der Waals surface area contributed by atoms with Gasteiger partial charge in [-0.3, -0.25) is 4.79 Å². The van der Waals surface area contributed by atoms with E-state index in [1.807, 2.05) is 0 Å². The van der Waals surface area contributed by atoms with Gasteiger partial charge in [0, 0.05) is 25.0 Å². The van der Waals surface area contributed by atoms with E-state index < -0.39 is 0 Å². The molecule has 3 atom stereocenters. The minimum Gasteiger partial charge on any atom is -0.378 e. The second-order valence-corrected chi connectivity index (χ2v) is 7.36. The van der Waals surface area contributed by atoms with Crippen LogP contribution in [0.25, 0.3) is 0 Å². The van der Waals surface area contributed by atoms with Crippen molar-refractivity contribution in [1.29, 1.82) is 0 Å². The Hall–Kier alpha value is -0.320. The Morgan fingerprint density at radius 3 is 2.62 bits per heavy atom. The molecule has 1 aliphatic carbocycles. The van der Waals surface area contributed by atoms with Crippen molar-refractivity contribution in [2.75, 3.05) is 19.8 Å². The van der Waals surface area contributed by atoms with Crippen LogP contribution in [-0.2, 0) is 9.53 Å². The summed E-state index contributed by atoms with van der Waals surface area (Å²) in [5.74, 6) is 0.768. The number of ether oxygens (including phenoxy) is 1. The molecule has 1 heterocycles. The molecule has 3 unspecified atom stereocenters. The van der Waals surface area contributed by atoms with Crippen LogP contribution in [0, 0.1) is 11.3 Å². The highest BCUT2D eigenvalue weighted by Gasteiger charge is 2.35. The van der Waals surface area contributed by atoms with Crippen LogP contribution < -0.4 is 10.6 Å². The zero-order valence-electron chi connectivity index (χ0n) is 13.6. The number of carbonyl (C=O) groups is 1. The smallest absolute Gasteiger partial charge is 0.221 e. The molecule has 1 aliphatic heterocycles. The van der Waals surface area contributed by atoms with Crippen LogP contribution >= 0.6 is 12.4 Å². The Balaban J connectivity index is 0.00000220. The fourth-order valence-electron chi connectivity index (χ4n) is 3.58. The van der Waals surface area contributed by atoms with E-state index in [9.17, 15) is 4.79 Å². The van der Waals surface area contributed by atoms with Crippen molar-refractivity contribution in [2.45, 2.75) is 65.0 Å². The van der Waals surface area contributed by atoms with Gasteiger partial charge in [-0.15, -0.1) is 12.4 Å². The van der Waals surface area contributed by atoms with Crippen LogP contribution in [0.4, 0.5) is 0 Å². The van der Waals surface area contributed by atoms with E-state index in [0.29, 0.717) is 25.0 Å². The molecular formula is C16H31ClN2O2. The molecular weight excluding hydrogens is 288 g/mol. The van der Waals surface area contributed by atoms with Crippen molar-refractivity contribution in [2.24, 2.45) is 11.3 Å².